The van der Waals surface area contributed by atoms with Gasteiger partial charge >= 0.3 is 0 Å². The van der Waals surface area contributed by atoms with E-state index in [1.807, 2.05) is 18.2 Å². The average Bonchev–Trinajstić information content (AvgIpc) is 2.86. The van der Waals surface area contributed by atoms with Crippen molar-refractivity contribution in [3.63, 3.8) is 0 Å². The number of fused-ring (bicyclic) bond motifs is 1. The zero-order valence-electron chi connectivity index (χ0n) is 10.9. The van der Waals surface area contributed by atoms with E-state index >= 15 is 0 Å². The molecule has 1 aromatic carbocycles. The first-order valence-electron chi connectivity index (χ1n) is 6.30. The monoisotopic (exact) mass is 283 g/mol. The van der Waals surface area contributed by atoms with E-state index in [1.54, 1.807) is 7.11 Å². The third kappa shape index (κ3) is 3.69. The molecule has 0 spiro atoms. The number of hydrogen-bond donors (Lipinski definition) is 1. The van der Waals surface area contributed by atoms with Gasteiger partial charge in [0.15, 0.2) is 0 Å². The molecule has 4 nitrogen and oxygen atoms in total. The van der Waals surface area contributed by atoms with Gasteiger partial charge in [-0.2, -0.15) is 0 Å². The van der Waals surface area contributed by atoms with Gasteiger partial charge < -0.3 is 14.8 Å². The SMILES string of the molecule is COCC(CCCl)NC(=O)c1ccc2c(c1)COC2. The number of benzene rings is 1. The summed E-state index contributed by atoms with van der Waals surface area (Å²) in [5.41, 5.74) is 2.90. The standard InChI is InChI=1S/C14H18ClNO3/c1-18-9-13(4-5-15)16-14(17)10-2-3-11-7-19-8-12(11)6-10/h2-3,6,13H,4-5,7-9H2,1H3,(H,16,17). The molecule has 1 unspecified atom stereocenters. The molecule has 0 radical (unpaired) electrons. The van der Waals surface area contributed by atoms with Crippen LogP contribution in [0, 0.1) is 0 Å². The molecule has 0 saturated heterocycles. The highest BCUT2D eigenvalue weighted by Gasteiger charge is 2.16. The van der Waals surface area contributed by atoms with E-state index in [1.165, 1.54) is 0 Å². The smallest absolute Gasteiger partial charge is 0.251 e. The second-order valence-electron chi connectivity index (χ2n) is 4.58. The van der Waals surface area contributed by atoms with Crippen molar-refractivity contribution in [1.29, 1.82) is 0 Å². The van der Waals surface area contributed by atoms with Crippen molar-refractivity contribution < 1.29 is 14.3 Å². The number of hydrogen-bond acceptors (Lipinski definition) is 3. The highest BCUT2D eigenvalue weighted by atomic mass is 35.5. The van der Waals surface area contributed by atoms with Gasteiger partial charge in [0.1, 0.15) is 0 Å². The van der Waals surface area contributed by atoms with Crippen molar-refractivity contribution in [2.24, 2.45) is 0 Å². The second-order valence-corrected chi connectivity index (χ2v) is 4.96. The minimum atomic E-state index is -0.0955. The Bertz CT molecular complexity index is 444. The Labute approximate surface area is 118 Å². The Kier molecular flexibility index (Phi) is 5.19. The maximum absolute atomic E-state index is 12.2. The number of carbonyl (C=O) groups is 1. The Morgan fingerprint density at radius 3 is 3.00 bits per heavy atom. The van der Waals surface area contributed by atoms with Crippen LogP contribution in [0.3, 0.4) is 0 Å². The van der Waals surface area contributed by atoms with Crippen molar-refractivity contribution in [3.05, 3.63) is 34.9 Å². The largest absolute Gasteiger partial charge is 0.383 e. The summed E-state index contributed by atoms with van der Waals surface area (Å²) >= 11 is 5.71. The lowest BCUT2D eigenvalue weighted by atomic mass is 10.1. The molecule has 0 saturated carbocycles. The summed E-state index contributed by atoms with van der Waals surface area (Å²) in [5.74, 6) is 0.397. The maximum atomic E-state index is 12.2. The van der Waals surface area contributed by atoms with Gasteiger partial charge in [0.05, 0.1) is 25.9 Å². The molecule has 19 heavy (non-hydrogen) atoms. The zero-order valence-corrected chi connectivity index (χ0v) is 11.7. The minimum Gasteiger partial charge on any atom is -0.383 e. The quantitative estimate of drug-likeness (QED) is 0.813. The fourth-order valence-corrected chi connectivity index (χ4v) is 2.38. The van der Waals surface area contributed by atoms with Gasteiger partial charge in [-0.25, -0.2) is 0 Å². The molecule has 0 aliphatic carbocycles. The van der Waals surface area contributed by atoms with Crippen LogP contribution >= 0.6 is 11.6 Å². The minimum absolute atomic E-state index is 0.0560. The highest BCUT2D eigenvalue weighted by Crippen LogP contribution is 2.20. The lowest BCUT2D eigenvalue weighted by Crippen LogP contribution is -2.38. The lowest BCUT2D eigenvalue weighted by Gasteiger charge is -2.17. The predicted molar refractivity (Wildman–Crippen MR) is 73.4 cm³/mol. The molecule has 1 aliphatic rings. The molecule has 1 heterocycles. The molecule has 1 N–H and O–H groups in total. The summed E-state index contributed by atoms with van der Waals surface area (Å²) in [4.78, 5) is 12.2. The van der Waals surface area contributed by atoms with Crippen LogP contribution in [0.4, 0.5) is 0 Å². The predicted octanol–water partition coefficient (Wildman–Crippen LogP) is 2.09. The van der Waals surface area contributed by atoms with E-state index in [0.29, 0.717) is 37.7 Å². The third-order valence-electron chi connectivity index (χ3n) is 3.14. The maximum Gasteiger partial charge on any atom is 0.251 e. The summed E-state index contributed by atoms with van der Waals surface area (Å²) in [6, 6.07) is 5.61. The Morgan fingerprint density at radius 2 is 2.26 bits per heavy atom. The first-order chi connectivity index (χ1) is 9.24. The fourth-order valence-electron chi connectivity index (χ4n) is 2.11. The number of methoxy groups -OCH3 is 1. The summed E-state index contributed by atoms with van der Waals surface area (Å²) < 4.78 is 10.4. The van der Waals surface area contributed by atoms with Crippen molar-refractivity contribution in [3.8, 4) is 0 Å². The van der Waals surface area contributed by atoms with Gasteiger partial charge in [0.25, 0.3) is 5.91 Å². The van der Waals surface area contributed by atoms with Crippen LogP contribution in [0.2, 0.25) is 0 Å². The number of ether oxygens (including phenoxy) is 2. The number of rotatable bonds is 6. The van der Waals surface area contributed by atoms with Gasteiger partial charge in [0.2, 0.25) is 0 Å². The van der Waals surface area contributed by atoms with E-state index in [9.17, 15) is 4.79 Å². The van der Waals surface area contributed by atoms with Gasteiger partial charge in [-0.3, -0.25) is 4.79 Å². The number of alkyl halides is 1. The van der Waals surface area contributed by atoms with Crippen molar-refractivity contribution in [2.75, 3.05) is 19.6 Å². The molecular formula is C14H18ClNO3. The molecule has 5 heteroatoms. The van der Waals surface area contributed by atoms with E-state index in [2.05, 4.69) is 5.32 Å². The molecule has 2 rings (SSSR count). The topological polar surface area (TPSA) is 47.6 Å². The van der Waals surface area contributed by atoms with Crippen LogP contribution < -0.4 is 5.32 Å². The summed E-state index contributed by atoms with van der Waals surface area (Å²) in [5, 5.41) is 2.94. The first-order valence-corrected chi connectivity index (χ1v) is 6.83. The highest BCUT2D eigenvalue weighted by molar-refractivity contribution is 6.17. The van der Waals surface area contributed by atoms with Crippen LogP contribution in [0.5, 0.6) is 0 Å². The third-order valence-corrected chi connectivity index (χ3v) is 3.36. The van der Waals surface area contributed by atoms with Gasteiger partial charge in [0, 0.05) is 18.6 Å². The number of amides is 1. The molecule has 104 valence electrons. The van der Waals surface area contributed by atoms with Crippen LogP contribution in [0.25, 0.3) is 0 Å². The van der Waals surface area contributed by atoms with E-state index in [4.69, 9.17) is 21.1 Å². The molecule has 1 aromatic rings. The molecule has 1 aliphatic heterocycles. The van der Waals surface area contributed by atoms with Crippen LogP contribution in [0.1, 0.15) is 27.9 Å². The number of nitrogens with one attached hydrogen (secondary N) is 1. The van der Waals surface area contributed by atoms with Crippen LogP contribution in [0.15, 0.2) is 18.2 Å². The first kappa shape index (κ1) is 14.3. The molecule has 0 aromatic heterocycles. The Hall–Kier alpha value is -1.10. The summed E-state index contributed by atoms with van der Waals surface area (Å²) in [7, 11) is 1.61. The Morgan fingerprint density at radius 1 is 1.47 bits per heavy atom. The zero-order chi connectivity index (χ0) is 13.7. The lowest BCUT2D eigenvalue weighted by molar-refractivity contribution is 0.0895. The molecule has 1 amide bonds. The second kappa shape index (κ2) is 6.89. The summed E-state index contributed by atoms with van der Waals surface area (Å²) in [6.45, 7) is 1.68. The van der Waals surface area contributed by atoms with Gasteiger partial charge in [-0.1, -0.05) is 6.07 Å². The van der Waals surface area contributed by atoms with Crippen LogP contribution in [-0.2, 0) is 22.7 Å². The normalized spacial score (nSPS) is 15.1. The molecular weight excluding hydrogens is 266 g/mol. The average molecular weight is 284 g/mol. The van der Waals surface area contributed by atoms with Gasteiger partial charge in [-0.05, 0) is 29.7 Å². The van der Waals surface area contributed by atoms with E-state index in [-0.39, 0.29) is 11.9 Å². The molecule has 1 atom stereocenters. The van der Waals surface area contributed by atoms with Gasteiger partial charge in [-0.15, -0.1) is 11.6 Å². The van der Waals surface area contributed by atoms with E-state index < -0.39 is 0 Å². The van der Waals surface area contributed by atoms with Crippen molar-refractivity contribution in [2.45, 2.75) is 25.7 Å². The van der Waals surface area contributed by atoms with Crippen molar-refractivity contribution in [1.82, 2.24) is 5.32 Å². The number of halogens is 1. The Balaban J connectivity index is 2.02. The van der Waals surface area contributed by atoms with E-state index in [0.717, 1.165) is 11.1 Å². The fraction of sp³-hybridized carbons (Fsp3) is 0.500. The van der Waals surface area contributed by atoms with Crippen molar-refractivity contribution >= 4 is 17.5 Å². The van der Waals surface area contributed by atoms with Crippen LogP contribution in [-0.4, -0.2) is 31.5 Å². The summed E-state index contributed by atoms with van der Waals surface area (Å²) in [6.07, 6.45) is 0.690. The number of carbonyl (C=O) groups excluding carboxylic acids is 1. The molecule has 0 fully saturated rings. The molecule has 0 bridgehead atoms.